The molecule has 0 saturated carbocycles. The molecule has 0 spiro atoms. The molecule has 34 heavy (non-hydrogen) atoms. The molecule has 0 bridgehead atoms. The van der Waals surface area contributed by atoms with E-state index < -0.39 is 4.92 Å². The number of hydrogen-bond donors (Lipinski definition) is 0. The molecule has 2 aliphatic rings. The minimum atomic E-state index is -0.476. The lowest BCUT2D eigenvalue weighted by Crippen LogP contribution is -2.58. The fourth-order valence-electron chi connectivity index (χ4n) is 5.10. The van der Waals surface area contributed by atoms with Crippen LogP contribution in [-0.2, 0) is 6.54 Å². The van der Waals surface area contributed by atoms with Gasteiger partial charge in [0.25, 0.3) is 5.69 Å². The van der Waals surface area contributed by atoms with E-state index >= 15 is 0 Å². The molecule has 3 heterocycles. The van der Waals surface area contributed by atoms with Crippen molar-refractivity contribution in [3.63, 3.8) is 0 Å². The van der Waals surface area contributed by atoms with Crippen LogP contribution in [0.3, 0.4) is 0 Å². The zero-order valence-electron chi connectivity index (χ0n) is 19.2. The van der Waals surface area contributed by atoms with Crippen molar-refractivity contribution < 1.29 is 4.92 Å². The summed E-state index contributed by atoms with van der Waals surface area (Å²) in [6.45, 7) is 7.45. The predicted molar refractivity (Wildman–Crippen MR) is 133 cm³/mol. The lowest BCUT2D eigenvalue weighted by Gasteiger charge is -2.47. The quantitative estimate of drug-likeness (QED) is 0.416. The molecule has 10 heteroatoms. The average molecular weight is 503 g/mol. The van der Waals surface area contributed by atoms with Crippen LogP contribution in [-0.4, -0.2) is 64.5 Å². The summed E-state index contributed by atoms with van der Waals surface area (Å²) < 4.78 is 0. The molecule has 0 amide bonds. The average Bonchev–Trinajstić information content (AvgIpc) is 2.85. The summed E-state index contributed by atoms with van der Waals surface area (Å²) in [6, 6.07) is 10.1. The molecule has 8 nitrogen and oxygen atoms in total. The molecule has 0 radical (unpaired) electrons. The van der Waals surface area contributed by atoms with Gasteiger partial charge >= 0.3 is 0 Å². The van der Waals surface area contributed by atoms with Crippen molar-refractivity contribution in [3.05, 3.63) is 61.7 Å². The highest BCUT2D eigenvalue weighted by Gasteiger charge is 2.34. The van der Waals surface area contributed by atoms with Crippen LogP contribution in [0.15, 0.2) is 30.5 Å². The normalized spacial score (nSPS) is 20.3. The van der Waals surface area contributed by atoms with E-state index in [9.17, 15) is 15.4 Å². The zero-order chi connectivity index (χ0) is 24.2. The van der Waals surface area contributed by atoms with Crippen LogP contribution in [0.5, 0.6) is 0 Å². The van der Waals surface area contributed by atoms with Gasteiger partial charge in [-0.1, -0.05) is 36.2 Å². The van der Waals surface area contributed by atoms with Crippen molar-refractivity contribution in [2.75, 3.05) is 37.6 Å². The molecule has 1 atom stereocenters. The Kier molecular flexibility index (Phi) is 7.89. The van der Waals surface area contributed by atoms with Gasteiger partial charge in [-0.2, -0.15) is 5.26 Å². The molecule has 0 N–H and O–H groups in total. The zero-order valence-corrected chi connectivity index (χ0v) is 20.7. The summed E-state index contributed by atoms with van der Waals surface area (Å²) in [7, 11) is 0. The van der Waals surface area contributed by atoms with Crippen LogP contribution < -0.4 is 4.90 Å². The molecule has 2 fully saturated rings. The predicted octanol–water partition coefficient (Wildman–Crippen LogP) is 4.73. The van der Waals surface area contributed by atoms with Gasteiger partial charge in [0, 0.05) is 49.4 Å². The maximum atomic E-state index is 11.0. The van der Waals surface area contributed by atoms with Crippen LogP contribution >= 0.6 is 23.2 Å². The van der Waals surface area contributed by atoms with Crippen molar-refractivity contribution in [1.82, 2.24) is 14.8 Å². The minimum absolute atomic E-state index is 0.0910. The summed E-state index contributed by atoms with van der Waals surface area (Å²) >= 11 is 12.4. The molecular formula is C24H28Cl2N6O2. The SMILES string of the molecule is CCC1CN(c2ncc([N+](=O)[O-])cc2Cl)CCN1C1CCN(Cc2ccc(Cl)cc2C#N)CC1. The number of anilines is 1. The van der Waals surface area contributed by atoms with Gasteiger partial charge in [0.2, 0.25) is 0 Å². The molecule has 2 aliphatic heterocycles. The number of halogens is 2. The smallest absolute Gasteiger partial charge is 0.289 e. The monoisotopic (exact) mass is 502 g/mol. The molecule has 1 unspecified atom stereocenters. The van der Waals surface area contributed by atoms with Gasteiger partial charge < -0.3 is 4.90 Å². The number of benzene rings is 1. The van der Waals surface area contributed by atoms with Crippen molar-refractivity contribution in [2.45, 2.75) is 44.8 Å². The Morgan fingerprint density at radius 3 is 2.62 bits per heavy atom. The standard InChI is InChI=1S/C24H28Cl2N6O2/c1-2-20-16-30(24-23(26)12-22(14-28-24)32(33)34)9-10-31(20)21-5-7-29(8-6-21)15-17-3-4-19(25)11-18(17)13-27/h3-4,11-12,14,20-21H,2,5-10,15-16H2,1H3. The largest absolute Gasteiger partial charge is 0.353 e. The maximum absolute atomic E-state index is 11.0. The first kappa shape index (κ1) is 24.7. The number of piperidine rings is 1. The first-order valence-electron chi connectivity index (χ1n) is 11.6. The fourth-order valence-corrected chi connectivity index (χ4v) is 5.55. The third-order valence-electron chi connectivity index (χ3n) is 6.93. The summed E-state index contributed by atoms with van der Waals surface area (Å²) in [5.74, 6) is 0.622. The Bertz CT molecular complexity index is 1080. The van der Waals surface area contributed by atoms with Crippen molar-refractivity contribution >= 4 is 34.7 Å². The highest BCUT2D eigenvalue weighted by Crippen LogP contribution is 2.31. The summed E-state index contributed by atoms with van der Waals surface area (Å²) in [5.41, 5.74) is 1.58. The summed E-state index contributed by atoms with van der Waals surface area (Å²) in [6.07, 6.45) is 4.46. The van der Waals surface area contributed by atoms with E-state index in [1.807, 2.05) is 12.1 Å². The van der Waals surface area contributed by atoms with E-state index in [1.54, 1.807) is 6.07 Å². The first-order chi connectivity index (χ1) is 16.4. The van der Waals surface area contributed by atoms with Gasteiger partial charge in [-0.15, -0.1) is 0 Å². The van der Waals surface area contributed by atoms with Gasteiger partial charge in [-0.05, 0) is 50.0 Å². The Morgan fingerprint density at radius 1 is 1.21 bits per heavy atom. The molecule has 0 aliphatic carbocycles. The molecule has 4 rings (SSSR count). The number of nitrogens with zero attached hydrogens (tertiary/aromatic N) is 6. The second-order valence-electron chi connectivity index (χ2n) is 8.92. The third kappa shape index (κ3) is 5.44. The fraction of sp³-hybridized carbons (Fsp3) is 0.500. The lowest BCUT2D eigenvalue weighted by molar-refractivity contribution is -0.385. The number of hydrogen-bond acceptors (Lipinski definition) is 7. The first-order valence-corrected chi connectivity index (χ1v) is 12.4. The second kappa shape index (κ2) is 10.9. The van der Waals surface area contributed by atoms with Gasteiger partial charge in [-0.3, -0.25) is 19.9 Å². The van der Waals surface area contributed by atoms with Gasteiger partial charge in [0.15, 0.2) is 0 Å². The number of pyridine rings is 1. The lowest BCUT2D eigenvalue weighted by atomic mass is 9.97. The van der Waals surface area contributed by atoms with Gasteiger partial charge in [0.1, 0.15) is 12.0 Å². The number of likely N-dealkylation sites (tertiary alicyclic amines) is 1. The number of piperazine rings is 1. The Balaban J connectivity index is 1.35. The van der Waals surface area contributed by atoms with Crippen molar-refractivity contribution in [3.8, 4) is 6.07 Å². The number of nitro groups is 1. The van der Waals surface area contributed by atoms with Crippen LogP contribution in [0.4, 0.5) is 11.5 Å². The van der Waals surface area contributed by atoms with Crippen molar-refractivity contribution in [2.24, 2.45) is 0 Å². The van der Waals surface area contributed by atoms with Gasteiger partial charge in [0.05, 0.1) is 21.6 Å². The Morgan fingerprint density at radius 2 is 1.97 bits per heavy atom. The summed E-state index contributed by atoms with van der Waals surface area (Å²) in [4.78, 5) is 22.0. The number of aromatic nitrogens is 1. The summed E-state index contributed by atoms with van der Waals surface area (Å²) in [5, 5.41) is 21.3. The van der Waals surface area contributed by atoms with E-state index in [1.165, 1.54) is 12.3 Å². The highest BCUT2D eigenvalue weighted by atomic mass is 35.5. The van der Waals surface area contributed by atoms with Crippen LogP contribution in [0.1, 0.15) is 37.3 Å². The number of nitriles is 1. The van der Waals surface area contributed by atoms with Crippen molar-refractivity contribution in [1.29, 1.82) is 5.26 Å². The molecule has 1 aromatic heterocycles. The van der Waals surface area contributed by atoms with E-state index in [0.717, 1.165) is 64.1 Å². The maximum Gasteiger partial charge on any atom is 0.289 e. The molecule has 2 saturated heterocycles. The second-order valence-corrected chi connectivity index (χ2v) is 9.77. The Hall–Kier alpha value is -2.44. The van der Waals surface area contributed by atoms with E-state index in [0.29, 0.717) is 33.5 Å². The van der Waals surface area contributed by atoms with E-state index in [2.05, 4.69) is 32.7 Å². The molecule has 180 valence electrons. The highest BCUT2D eigenvalue weighted by molar-refractivity contribution is 6.33. The van der Waals surface area contributed by atoms with Gasteiger partial charge in [-0.25, -0.2) is 4.98 Å². The van der Waals surface area contributed by atoms with Crippen LogP contribution in [0.2, 0.25) is 10.0 Å². The molecule has 1 aromatic carbocycles. The molecule has 2 aromatic rings. The van der Waals surface area contributed by atoms with E-state index in [-0.39, 0.29) is 5.69 Å². The third-order valence-corrected chi connectivity index (χ3v) is 7.44. The molecular weight excluding hydrogens is 475 g/mol. The van der Waals surface area contributed by atoms with Crippen LogP contribution in [0.25, 0.3) is 0 Å². The topological polar surface area (TPSA) is 89.5 Å². The Labute approximate surface area is 209 Å². The minimum Gasteiger partial charge on any atom is -0.353 e. The van der Waals surface area contributed by atoms with E-state index in [4.69, 9.17) is 23.2 Å². The number of rotatable bonds is 6. The van der Waals surface area contributed by atoms with Crippen LogP contribution in [0, 0.1) is 21.4 Å².